The van der Waals surface area contributed by atoms with Crippen LogP contribution in [0.3, 0.4) is 0 Å². The Morgan fingerprint density at radius 2 is 1.70 bits per heavy atom. The first-order chi connectivity index (χ1) is 14.1. The van der Waals surface area contributed by atoms with Crippen molar-refractivity contribution in [2.75, 3.05) is 44.0 Å². The van der Waals surface area contributed by atoms with Crippen LogP contribution >= 0.6 is 0 Å². The first-order valence-electron chi connectivity index (χ1n) is 9.91. The number of hydrogen-bond acceptors (Lipinski definition) is 5. The Labute approximate surface area is 179 Å². The lowest BCUT2D eigenvalue weighted by atomic mass is 10.1. The number of nitrogens with one attached hydrogen (secondary N) is 1. The number of hydrogen-bond donors (Lipinski definition) is 1. The van der Waals surface area contributed by atoms with Crippen molar-refractivity contribution in [1.82, 2.24) is 4.31 Å². The molecule has 7 nitrogen and oxygen atoms in total. The van der Waals surface area contributed by atoms with Crippen molar-refractivity contribution in [3.63, 3.8) is 0 Å². The third-order valence-electron chi connectivity index (χ3n) is 4.76. The lowest BCUT2D eigenvalue weighted by Gasteiger charge is -2.22. The molecule has 0 heterocycles. The molecule has 0 saturated carbocycles. The molecule has 164 valence electrons. The van der Waals surface area contributed by atoms with Crippen LogP contribution in [0.5, 0.6) is 5.75 Å². The average Bonchev–Trinajstić information content (AvgIpc) is 2.67. The second-order valence-electron chi connectivity index (χ2n) is 7.27. The fourth-order valence-corrected chi connectivity index (χ4v) is 4.65. The second kappa shape index (κ2) is 9.95. The molecule has 2 aromatic carbocycles. The predicted molar refractivity (Wildman–Crippen MR) is 121 cm³/mol. The molecular formula is C22H31N3O4S. The van der Waals surface area contributed by atoms with Crippen molar-refractivity contribution in [2.45, 2.75) is 32.6 Å². The number of anilines is 2. The first-order valence-corrected chi connectivity index (χ1v) is 11.4. The number of amides is 1. The smallest absolute Gasteiger partial charge is 0.262 e. The maximum Gasteiger partial charge on any atom is 0.262 e. The van der Waals surface area contributed by atoms with Gasteiger partial charge in [-0.25, -0.2) is 8.42 Å². The molecule has 0 fully saturated rings. The number of benzene rings is 2. The zero-order valence-electron chi connectivity index (χ0n) is 18.5. The van der Waals surface area contributed by atoms with Crippen LogP contribution in [-0.4, -0.2) is 52.4 Å². The van der Waals surface area contributed by atoms with E-state index in [1.54, 1.807) is 26.0 Å². The Kier molecular flexibility index (Phi) is 7.86. The van der Waals surface area contributed by atoms with E-state index in [0.29, 0.717) is 30.2 Å². The summed E-state index contributed by atoms with van der Waals surface area (Å²) in [5.41, 5.74) is 3.19. The van der Waals surface area contributed by atoms with E-state index >= 15 is 0 Å². The Morgan fingerprint density at radius 1 is 1.03 bits per heavy atom. The molecule has 0 saturated heterocycles. The van der Waals surface area contributed by atoms with Gasteiger partial charge >= 0.3 is 0 Å². The van der Waals surface area contributed by atoms with Crippen LogP contribution in [-0.2, 0) is 14.8 Å². The normalized spacial score (nSPS) is 11.4. The molecule has 0 aliphatic rings. The van der Waals surface area contributed by atoms with Crippen LogP contribution in [0.25, 0.3) is 0 Å². The number of ether oxygens (including phenoxy) is 1. The van der Waals surface area contributed by atoms with Gasteiger partial charge in [0.05, 0.1) is 16.3 Å². The maximum absolute atomic E-state index is 12.9. The van der Waals surface area contributed by atoms with Crippen LogP contribution in [0.1, 0.15) is 25.0 Å². The predicted octanol–water partition coefficient (Wildman–Crippen LogP) is 3.42. The Hall–Kier alpha value is -2.58. The summed E-state index contributed by atoms with van der Waals surface area (Å²) in [5, 5.41) is 2.79. The van der Waals surface area contributed by atoms with Crippen molar-refractivity contribution in [2.24, 2.45) is 0 Å². The average molecular weight is 434 g/mol. The van der Waals surface area contributed by atoms with Crippen LogP contribution in [0.4, 0.5) is 11.4 Å². The zero-order valence-corrected chi connectivity index (χ0v) is 19.3. The third kappa shape index (κ3) is 5.52. The minimum atomic E-state index is -3.63. The van der Waals surface area contributed by atoms with E-state index in [2.05, 4.69) is 5.32 Å². The SMILES string of the molecule is CCN(CC)S(=O)(=O)c1ccc(N(C)C)c(NC(=O)COc2ccc(C)cc2C)c1. The van der Waals surface area contributed by atoms with Gasteiger partial charge in [-0.1, -0.05) is 31.5 Å². The number of rotatable bonds is 9. The van der Waals surface area contributed by atoms with Crippen LogP contribution in [0.2, 0.25) is 0 Å². The van der Waals surface area contributed by atoms with E-state index in [1.807, 2.05) is 51.0 Å². The van der Waals surface area contributed by atoms with Crippen molar-refractivity contribution in [3.8, 4) is 5.75 Å². The molecule has 0 unspecified atom stereocenters. The van der Waals surface area contributed by atoms with Gasteiger partial charge < -0.3 is 15.0 Å². The van der Waals surface area contributed by atoms with Gasteiger partial charge in [-0.3, -0.25) is 4.79 Å². The van der Waals surface area contributed by atoms with E-state index in [9.17, 15) is 13.2 Å². The molecule has 8 heteroatoms. The van der Waals surface area contributed by atoms with Gasteiger partial charge in [0, 0.05) is 27.2 Å². The summed E-state index contributed by atoms with van der Waals surface area (Å²) in [6.45, 7) is 8.07. The highest BCUT2D eigenvalue weighted by Gasteiger charge is 2.23. The highest BCUT2D eigenvalue weighted by Crippen LogP contribution is 2.29. The van der Waals surface area contributed by atoms with Crippen LogP contribution in [0.15, 0.2) is 41.3 Å². The van der Waals surface area contributed by atoms with Gasteiger partial charge in [-0.15, -0.1) is 0 Å². The molecule has 0 aromatic heterocycles. The van der Waals surface area contributed by atoms with Crippen molar-refractivity contribution in [1.29, 1.82) is 0 Å². The molecule has 0 radical (unpaired) electrons. The van der Waals surface area contributed by atoms with Crippen LogP contribution in [0, 0.1) is 13.8 Å². The van der Waals surface area contributed by atoms with E-state index < -0.39 is 10.0 Å². The number of nitrogens with zero attached hydrogens (tertiary/aromatic N) is 2. The lowest BCUT2D eigenvalue weighted by Crippen LogP contribution is -2.31. The molecule has 1 N–H and O–H groups in total. The summed E-state index contributed by atoms with van der Waals surface area (Å²) in [4.78, 5) is 14.5. The minimum absolute atomic E-state index is 0.141. The standard InChI is InChI=1S/C22H31N3O4S/c1-7-25(8-2)30(27,28)18-10-11-20(24(5)6)19(14-18)23-22(26)15-29-21-12-9-16(3)13-17(21)4/h9-14H,7-8,15H2,1-6H3,(H,23,26). The molecule has 30 heavy (non-hydrogen) atoms. The number of carbonyl (C=O) groups is 1. The van der Waals surface area contributed by atoms with Gasteiger partial charge in [0.2, 0.25) is 10.0 Å². The zero-order chi connectivity index (χ0) is 22.5. The highest BCUT2D eigenvalue weighted by molar-refractivity contribution is 7.89. The summed E-state index contributed by atoms with van der Waals surface area (Å²) in [6, 6.07) is 10.5. The van der Waals surface area contributed by atoms with E-state index in [-0.39, 0.29) is 17.4 Å². The van der Waals surface area contributed by atoms with Gasteiger partial charge in [0.25, 0.3) is 5.91 Å². The molecule has 0 bridgehead atoms. The third-order valence-corrected chi connectivity index (χ3v) is 6.80. The molecular weight excluding hydrogens is 402 g/mol. The summed E-state index contributed by atoms with van der Waals surface area (Å²) in [6.07, 6.45) is 0. The topological polar surface area (TPSA) is 79.0 Å². The van der Waals surface area contributed by atoms with Crippen molar-refractivity contribution >= 4 is 27.3 Å². The summed E-state index contributed by atoms with van der Waals surface area (Å²) in [7, 11) is 0.0235. The van der Waals surface area contributed by atoms with Gasteiger partial charge in [0.1, 0.15) is 5.75 Å². The molecule has 0 spiro atoms. The monoisotopic (exact) mass is 433 g/mol. The summed E-state index contributed by atoms with van der Waals surface area (Å²) < 4.78 is 32.8. The summed E-state index contributed by atoms with van der Waals surface area (Å²) in [5.74, 6) is 0.275. The number of carbonyl (C=O) groups excluding carboxylic acids is 1. The largest absolute Gasteiger partial charge is 0.483 e. The van der Waals surface area contributed by atoms with E-state index in [1.165, 1.54) is 10.4 Å². The van der Waals surface area contributed by atoms with Crippen LogP contribution < -0.4 is 15.0 Å². The molecule has 0 atom stereocenters. The van der Waals surface area contributed by atoms with Crippen molar-refractivity contribution in [3.05, 3.63) is 47.5 Å². The van der Waals surface area contributed by atoms with Gasteiger partial charge in [-0.05, 0) is 43.7 Å². The van der Waals surface area contributed by atoms with Crippen molar-refractivity contribution < 1.29 is 17.9 Å². The maximum atomic E-state index is 12.9. The quantitative estimate of drug-likeness (QED) is 0.656. The number of sulfonamides is 1. The lowest BCUT2D eigenvalue weighted by molar-refractivity contribution is -0.118. The fraction of sp³-hybridized carbons (Fsp3) is 0.409. The second-order valence-corrected chi connectivity index (χ2v) is 9.21. The molecule has 0 aliphatic heterocycles. The van der Waals surface area contributed by atoms with E-state index in [0.717, 1.165) is 11.1 Å². The highest BCUT2D eigenvalue weighted by atomic mass is 32.2. The number of aryl methyl sites for hydroxylation is 2. The Balaban J connectivity index is 2.25. The molecule has 2 aromatic rings. The molecule has 0 aliphatic carbocycles. The minimum Gasteiger partial charge on any atom is -0.483 e. The van der Waals surface area contributed by atoms with E-state index in [4.69, 9.17) is 4.74 Å². The Bertz CT molecular complexity index is 999. The Morgan fingerprint density at radius 3 is 2.27 bits per heavy atom. The fourth-order valence-electron chi connectivity index (χ4n) is 3.17. The van der Waals surface area contributed by atoms with Gasteiger partial charge in [-0.2, -0.15) is 4.31 Å². The first kappa shape index (κ1) is 23.7. The molecule has 2 rings (SSSR count). The summed E-state index contributed by atoms with van der Waals surface area (Å²) >= 11 is 0. The molecule has 1 amide bonds. The van der Waals surface area contributed by atoms with Gasteiger partial charge in [0.15, 0.2) is 6.61 Å².